The van der Waals surface area contributed by atoms with Crippen molar-refractivity contribution in [3.05, 3.63) is 65.7 Å². The van der Waals surface area contributed by atoms with Gasteiger partial charge >= 0.3 is 0 Å². The second-order valence-corrected chi connectivity index (χ2v) is 6.76. The minimum Gasteiger partial charge on any atom is -0.329 e. The highest BCUT2D eigenvalue weighted by Crippen LogP contribution is 2.26. The smallest absolute Gasteiger partial charge is 0.238 e. The number of carbonyl (C=O) groups is 2. The summed E-state index contributed by atoms with van der Waals surface area (Å²) < 4.78 is 0. The van der Waals surface area contributed by atoms with Crippen molar-refractivity contribution in [2.75, 3.05) is 11.9 Å². The van der Waals surface area contributed by atoms with Gasteiger partial charge in [-0.2, -0.15) is 0 Å². The number of aryl methyl sites for hydroxylation is 1. The zero-order chi connectivity index (χ0) is 18.5. The van der Waals surface area contributed by atoms with E-state index in [1.807, 2.05) is 37.3 Å². The van der Waals surface area contributed by atoms with Crippen LogP contribution in [0.25, 0.3) is 10.6 Å². The van der Waals surface area contributed by atoms with Gasteiger partial charge < -0.3 is 5.73 Å². The topological polar surface area (TPSA) is 98.0 Å². The molecule has 1 atom stereocenters. The Morgan fingerprint density at radius 2 is 1.77 bits per heavy atom. The summed E-state index contributed by atoms with van der Waals surface area (Å²) in [6, 6.07) is 16.5. The Morgan fingerprint density at radius 1 is 1.08 bits per heavy atom. The van der Waals surface area contributed by atoms with Crippen LogP contribution in [-0.2, 0) is 4.79 Å². The van der Waals surface area contributed by atoms with Gasteiger partial charge in [0.15, 0.2) is 5.78 Å². The number of hydrogen-bond donors (Lipinski definition) is 2. The van der Waals surface area contributed by atoms with Crippen LogP contribution in [-0.4, -0.2) is 28.4 Å². The summed E-state index contributed by atoms with van der Waals surface area (Å²) in [6.07, 6.45) is 0. The number of benzene rings is 2. The Labute approximate surface area is 155 Å². The Hall–Kier alpha value is -2.90. The first-order chi connectivity index (χ1) is 12.6. The molecule has 6 nitrogen and oxygen atoms in total. The molecule has 1 amide bonds. The summed E-state index contributed by atoms with van der Waals surface area (Å²) in [5.41, 5.74) is 8.19. The molecule has 1 aromatic heterocycles. The highest BCUT2D eigenvalue weighted by molar-refractivity contribution is 7.18. The van der Waals surface area contributed by atoms with E-state index in [0.717, 1.165) is 11.1 Å². The molecule has 2 aromatic carbocycles. The zero-order valence-corrected chi connectivity index (χ0v) is 15.0. The summed E-state index contributed by atoms with van der Waals surface area (Å²) in [7, 11) is 0. The van der Waals surface area contributed by atoms with Gasteiger partial charge in [0.1, 0.15) is 10.9 Å². The fraction of sp³-hybridized carbons (Fsp3) is 0.158. The van der Waals surface area contributed by atoms with E-state index in [1.54, 1.807) is 24.3 Å². The number of ketones is 1. The molecule has 0 radical (unpaired) electrons. The predicted molar refractivity (Wildman–Crippen MR) is 102 cm³/mol. The van der Waals surface area contributed by atoms with Gasteiger partial charge in [-0.1, -0.05) is 71.5 Å². The van der Waals surface area contributed by atoms with Crippen LogP contribution in [0.4, 0.5) is 5.13 Å². The number of anilines is 1. The molecule has 7 heteroatoms. The van der Waals surface area contributed by atoms with Gasteiger partial charge in [-0.25, -0.2) is 0 Å². The second kappa shape index (κ2) is 7.99. The molecular weight excluding hydrogens is 348 g/mol. The Balaban J connectivity index is 1.72. The van der Waals surface area contributed by atoms with Gasteiger partial charge in [-0.3, -0.25) is 14.9 Å². The third kappa shape index (κ3) is 4.01. The van der Waals surface area contributed by atoms with Crippen LogP contribution in [0.3, 0.4) is 0 Å². The van der Waals surface area contributed by atoms with E-state index in [-0.39, 0.29) is 12.3 Å². The van der Waals surface area contributed by atoms with Crippen LogP contribution >= 0.6 is 11.3 Å². The fourth-order valence-corrected chi connectivity index (χ4v) is 3.17. The van der Waals surface area contributed by atoms with Gasteiger partial charge in [0.2, 0.25) is 11.0 Å². The van der Waals surface area contributed by atoms with Crippen LogP contribution in [0.1, 0.15) is 15.9 Å². The maximum atomic E-state index is 12.5. The Kier molecular flexibility index (Phi) is 5.50. The number of amides is 1. The lowest BCUT2D eigenvalue weighted by Crippen LogP contribution is -2.35. The minimum absolute atomic E-state index is 0.0802. The fourth-order valence-electron chi connectivity index (χ4n) is 2.42. The van der Waals surface area contributed by atoms with Crippen molar-refractivity contribution in [1.82, 2.24) is 10.2 Å². The summed E-state index contributed by atoms with van der Waals surface area (Å²) in [4.78, 5) is 25.0. The van der Waals surface area contributed by atoms with Gasteiger partial charge in [0.25, 0.3) is 0 Å². The molecular formula is C19H18N4O2S. The van der Waals surface area contributed by atoms with Crippen LogP contribution in [0.5, 0.6) is 0 Å². The molecule has 0 aliphatic carbocycles. The molecule has 0 bridgehead atoms. The number of Topliss-reactive ketones (excluding diaryl/α,β-unsaturated/α-hetero) is 1. The number of carbonyl (C=O) groups excluding carboxylic acids is 2. The molecule has 3 aromatic rings. The third-order valence-corrected chi connectivity index (χ3v) is 4.77. The largest absolute Gasteiger partial charge is 0.329 e. The minimum atomic E-state index is -0.968. The van der Waals surface area contributed by atoms with Crippen molar-refractivity contribution >= 4 is 28.2 Å². The summed E-state index contributed by atoms with van der Waals surface area (Å²) in [5.74, 6) is -1.76. The molecule has 3 rings (SSSR count). The second-order valence-electron chi connectivity index (χ2n) is 5.79. The van der Waals surface area contributed by atoms with E-state index in [1.165, 1.54) is 11.3 Å². The first-order valence-corrected chi connectivity index (χ1v) is 8.91. The van der Waals surface area contributed by atoms with E-state index in [0.29, 0.717) is 15.7 Å². The highest BCUT2D eigenvalue weighted by atomic mass is 32.1. The maximum absolute atomic E-state index is 12.5. The summed E-state index contributed by atoms with van der Waals surface area (Å²) in [6.45, 7) is 1.93. The standard InChI is InChI=1S/C19H18N4O2S/c1-12-7-9-14(10-8-12)18-22-23-19(26-18)21-17(25)15(11-20)16(24)13-5-3-2-4-6-13/h2-10,15H,11,20H2,1H3,(H,21,23,25). The normalized spacial score (nSPS) is 11.8. The number of aromatic nitrogens is 2. The van der Waals surface area contributed by atoms with Crippen molar-refractivity contribution in [3.63, 3.8) is 0 Å². The zero-order valence-electron chi connectivity index (χ0n) is 14.2. The summed E-state index contributed by atoms with van der Waals surface area (Å²) in [5, 5.41) is 11.8. The lowest BCUT2D eigenvalue weighted by molar-refractivity contribution is -0.118. The number of nitrogens with two attached hydrogens (primary N) is 1. The molecule has 0 fully saturated rings. The van der Waals surface area contributed by atoms with Crippen LogP contribution in [0.15, 0.2) is 54.6 Å². The number of nitrogens with one attached hydrogen (secondary N) is 1. The van der Waals surface area contributed by atoms with Crippen LogP contribution in [0.2, 0.25) is 0 Å². The maximum Gasteiger partial charge on any atom is 0.238 e. The van der Waals surface area contributed by atoms with Crippen molar-refractivity contribution < 1.29 is 9.59 Å². The van der Waals surface area contributed by atoms with Crippen LogP contribution < -0.4 is 11.1 Å². The first-order valence-electron chi connectivity index (χ1n) is 8.09. The van der Waals surface area contributed by atoms with Crippen molar-refractivity contribution in [1.29, 1.82) is 0 Å². The van der Waals surface area contributed by atoms with Crippen molar-refractivity contribution in [2.24, 2.45) is 11.7 Å². The average molecular weight is 366 g/mol. The molecule has 3 N–H and O–H groups in total. The molecule has 0 saturated heterocycles. The molecule has 0 aliphatic rings. The van der Waals surface area contributed by atoms with Gasteiger partial charge in [0.05, 0.1) is 0 Å². The average Bonchev–Trinajstić information content (AvgIpc) is 3.12. The van der Waals surface area contributed by atoms with Gasteiger partial charge in [0, 0.05) is 17.7 Å². The van der Waals surface area contributed by atoms with Gasteiger partial charge in [-0.05, 0) is 6.92 Å². The molecule has 26 heavy (non-hydrogen) atoms. The first kappa shape index (κ1) is 17.9. The van der Waals surface area contributed by atoms with E-state index < -0.39 is 11.8 Å². The molecule has 0 spiro atoms. The predicted octanol–water partition coefficient (Wildman–Crippen LogP) is 2.91. The van der Waals surface area contributed by atoms with E-state index in [2.05, 4.69) is 15.5 Å². The van der Waals surface area contributed by atoms with E-state index in [4.69, 9.17) is 5.73 Å². The molecule has 1 unspecified atom stereocenters. The number of rotatable bonds is 6. The monoisotopic (exact) mass is 366 g/mol. The Morgan fingerprint density at radius 3 is 2.42 bits per heavy atom. The molecule has 0 saturated carbocycles. The van der Waals surface area contributed by atoms with E-state index in [9.17, 15) is 9.59 Å². The SMILES string of the molecule is Cc1ccc(-c2nnc(NC(=O)C(CN)C(=O)c3ccccc3)s2)cc1. The van der Waals surface area contributed by atoms with Crippen molar-refractivity contribution in [3.8, 4) is 10.6 Å². The number of nitrogens with zero attached hydrogens (tertiary/aromatic N) is 2. The molecule has 1 heterocycles. The Bertz CT molecular complexity index is 907. The quantitative estimate of drug-likeness (QED) is 0.516. The number of hydrogen-bond acceptors (Lipinski definition) is 6. The molecule has 0 aliphatic heterocycles. The van der Waals surface area contributed by atoms with Crippen molar-refractivity contribution in [2.45, 2.75) is 6.92 Å². The van der Waals surface area contributed by atoms with Gasteiger partial charge in [-0.15, -0.1) is 10.2 Å². The lowest BCUT2D eigenvalue weighted by atomic mass is 9.97. The van der Waals surface area contributed by atoms with E-state index >= 15 is 0 Å². The van der Waals surface area contributed by atoms with Crippen LogP contribution in [0, 0.1) is 12.8 Å². The summed E-state index contributed by atoms with van der Waals surface area (Å²) >= 11 is 1.25. The molecule has 132 valence electrons. The highest BCUT2D eigenvalue weighted by Gasteiger charge is 2.27. The lowest BCUT2D eigenvalue weighted by Gasteiger charge is -2.12. The third-order valence-electron chi connectivity index (χ3n) is 3.88.